The number of pyridine rings is 1. The third kappa shape index (κ3) is 5.60. The number of nitrogens with zero attached hydrogens (tertiary/aromatic N) is 5. The zero-order valence-corrected chi connectivity index (χ0v) is 23.5. The maximum Gasteiger partial charge on any atom is 0.251 e. The summed E-state index contributed by atoms with van der Waals surface area (Å²) >= 11 is 0. The van der Waals surface area contributed by atoms with Gasteiger partial charge in [0.25, 0.3) is 5.91 Å². The SMILES string of the molecule is C=CN(C)C/C=C/C(=O)N[C@@H]1CNC[C@H]1NC(=O)c1ccc2c(c1)nc(-c1cc3cccnc3n1CC1CC1)n2C. The summed E-state index contributed by atoms with van der Waals surface area (Å²) in [7, 11) is 3.90. The highest BCUT2D eigenvalue weighted by molar-refractivity contribution is 5.98. The Morgan fingerprint density at radius 1 is 1.17 bits per heavy atom. The zero-order chi connectivity index (χ0) is 28.5. The summed E-state index contributed by atoms with van der Waals surface area (Å²) in [6.45, 7) is 6.39. The molecule has 4 aromatic rings. The molecule has 212 valence electrons. The molecule has 1 saturated carbocycles. The van der Waals surface area contributed by atoms with E-state index in [1.807, 2.05) is 49.5 Å². The lowest BCUT2D eigenvalue weighted by atomic mass is 10.1. The van der Waals surface area contributed by atoms with Gasteiger partial charge in [0.15, 0.2) is 5.82 Å². The summed E-state index contributed by atoms with van der Waals surface area (Å²) in [5.74, 6) is 1.16. The van der Waals surface area contributed by atoms with E-state index in [1.165, 1.54) is 18.9 Å². The number of aromatic nitrogens is 4. The number of rotatable bonds is 10. The number of aryl methyl sites for hydroxylation is 1. The van der Waals surface area contributed by atoms with Crippen molar-refractivity contribution in [3.05, 3.63) is 73.1 Å². The van der Waals surface area contributed by atoms with E-state index >= 15 is 0 Å². The molecule has 1 saturated heterocycles. The second-order valence-corrected chi connectivity index (χ2v) is 11.1. The fourth-order valence-electron chi connectivity index (χ4n) is 5.45. The van der Waals surface area contributed by atoms with Crippen molar-refractivity contribution in [3.63, 3.8) is 0 Å². The molecule has 2 atom stereocenters. The van der Waals surface area contributed by atoms with Crippen molar-refractivity contribution in [3.8, 4) is 11.5 Å². The Bertz CT molecular complexity index is 1650. The van der Waals surface area contributed by atoms with E-state index in [4.69, 9.17) is 4.98 Å². The first-order valence-electron chi connectivity index (χ1n) is 14.1. The van der Waals surface area contributed by atoms with E-state index in [0.717, 1.165) is 40.1 Å². The minimum Gasteiger partial charge on any atom is -0.377 e. The standard InChI is InChI=1S/C31H36N8O2/c1-4-37(2)14-6-8-28(40)34-24-17-32-18-25(24)36-31(41)22-11-12-26-23(15-22)35-30(38(26)3)27-16-21-7-5-13-33-29(21)39(27)19-20-9-10-20/h4-8,11-13,15-16,20,24-25,32H,1,9-10,14,17-19H2,2-3H3,(H,34,40)(H,36,41)/b8-6+/t24-,25-/m1/s1. The molecule has 10 nitrogen and oxygen atoms in total. The van der Waals surface area contributed by atoms with Crippen LogP contribution < -0.4 is 16.0 Å². The number of hydrogen-bond donors (Lipinski definition) is 3. The molecule has 2 fully saturated rings. The van der Waals surface area contributed by atoms with Crippen LogP contribution in [0.4, 0.5) is 0 Å². The minimum atomic E-state index is -0.226. The van der Waals surface area contributed by atoms with Gasteiger partial charge in [0.2, 0.25) is 5.91 Å². The first kappa shape index (κ1) is 26.8. The third-order valence-electron chi connectivity index (χ3n) is 8.00. The van der Waals surface area contributed by atoms with Gasteiger partial charge in [0, 0.05) is 63.5 Å². The van der Waals surface area contributed by atoms with Crippen molar-refractivity contribution in [2.45, 2.75) is 31.5 Å². The average molecular weight is 553 g/mol. The lowest BCUT2D eigenvalue weighted by molar-refractivity contribution is -0.117. The number of hydrogen-bond acceptors (Lipinski definition) is 6. The number of likely N-dealkylation sites (N-methyl/N-ethyl adjacent to an activating group) is 1. The molecule has 41 heavy (non-hydrogen) atoms. The molecule has 0 bridgehead atoms. The highest BCUT2D eigenvalue weighted by atomic mass is 16.2. The Hall–Kier alpha value is -4.44. The van der Waals surface area contributed by atoms with E-state index in [-0.39, 0.29) is 23.9 Å². The molecule has 0 unspecified atom stereocenters. The normalized spacial score (nSPS) is 18.8. The van der Waals surface area contributed by atoms with Gasteiger partial charge in [-0.05, 0) is 61.4 Å². The van der Waals surface area contributed by atoms with Crippen LogP contribution >= 0.6 is 0 Å². The van der Waals surface area contributed by atoms with Gasteiger partial charge in [0.1, 0.15) is 5.65 Å². The Labute approximate surface area is 239 Å². The number of carbonyl (C=O) groups excluding carboxylic acids is 2. The van der Waals surface area contributed by atoms with E-state index in [9.17, 15) is 9.59 Å². The van der Waals surface area contributed by atoms with E-state index in [2.05, 4.69) is 48.8 Å². The maximum absolute atomic E-state index is 13.3. The zero-order valence-electron chi connectivity index (χ0n) is 23.5. The van der Waals surface area contributed by atoms with Crippen LogP contribution in [-0.4, -0.2) is 74.6 Å². The predicted molar refractivity (Wildman–Crippen MR) is 160 cm³/mol. The number of nitrogens with one attached hydrogen (secondary N) is 3. The van der Waals surface area contributed by atoms with Crippen molar-refractivity contribution >= 4 is 33.9 Å². The summed E-state index contributed by atoms with van der Waals surface area (Å²) in [4.78, 5) is 37.2. The molecule has 0 radical (unpaired) electrons. The highest BCUT2D eigenvalue weighted by Crippen LogP contribution is 2.35. The van der Waals surface area contributed by atoms with Gasteiger partial charge in [0.05, 0.1) is 28.8 Å². The number of benzene rings is 1. The highest BCUT2D eigenvalue weighted by Gasteiger charge is 2.30. The molecule has 10 heteroatoms. The first-order chi connectivity index (χ1) is 19.9. The van der Waals surface area contributed by atoms with Gasteiger partial charge in [-0.25, -0.2) is 9.97 Å². The van der Waals surface area contributed by atoms with Gasteiger partial charge in [-0.1, -0.05) is 12.7 Å². The van der Waals surface area contributed by atoms with E-state index in [0.29, 0.717) is 31.1 Å². The second-order valence-electron chi connectivity index (χ2n) is 11.1. The monoisotopic (exact) mass is 552 g/mol. The van der Waals surface area contributed by atoms with Crippen LogP contribution in [0.15, 0.2) is 67.5 Å². The van der Waals surface area contributed by atoms with Crippen molar-refractivity contribution in [2.24, 2.45) is 13.0 Å². The van der Waals surface area contributed by atoms with Crippen LogP contribution in [0.1, 0.15) is 23.2 Å². The topological polar surface area (TPSA) is 109 Å². The Morgan fingerprint density at radius 2 is 1.98 bits per heavy atom. The Kier molecular flexibility index (Phi) is 7.32. The molecule has 3 aromatic heterocycles. The lowest BCUT2D eigenvalue weighted by Gasteiger charge is -2.20. The van der Waals surface area contributed by atoms with Gasteiger partial charge in [-0.2, -0.15) is 0 Å². The number of amides is 2. The largest absolute Gasteiger partial charge is 0.377 e. The number of fused-ring (bicyclic) bond motifs is 2. The molecular weight excluding hydrogens is 516 g/mol. The van der Waals surface area contributed by atoms with Crippen molar-refractivity contribution in [1.82, 2.24) is 40.0 Å². The van der Waals surface area contributed by atoms with Crippen LogP contribution in [0.2, 0.25) is 0 Å². The number of carbonyl (C=O) groups is 2. The molecule has 6 rings (SSSR count). The molecule has 2 amide bonds. The molecule has 0 spiro atoms. The molecule has 4 heterocycles. The summed E-state index contributed by atoms with van der Waals surface area (Å²) in [6, 6.07) is 11.4. The molecule has 1 aromatic carbocycles. The maximum atomic E-state index is 13.3. The summed E-state index contributed by atoms with van der Waals surface area (Å²) in [6.07, 6.45) is 9.33. The number of imidazole rings is 1. The van der Waals surface area contributed by atoms with Gasteiger partial charge >= 0.3 is 0 Å². The van der Waals surface area contributed by atoms with Crippen molar-refractivity contribution in [1.29, 1.82) is 0 Å². The Balaban J connectivity index is 1.19. The van der Waals surface area contributed by atoms with Crippen LogP contribution in [0.25, 0.3) is 33.6 Å². The summed E-state index contributed by atoms with van der Waals surface area (Å²) < 4.78 is 4.37. The van der Waals surface area contributed by atoms with Crippen LogP contribution in [0.5, 0.6) is 0 Å². The molecule has 1 aliphatic heterocycles. The minimum absolute atomic E-state index is 0.188. The van der Waals surface area contributed by atoms with E-state index in [1.54, 1.807) is 12.3 Å². The fourth-order valence-corrected chi connectivity index (χ4v) is 5.45. The summed E-state index contributed by atoms with van der Waals surface area (Å²) in [5, 5.41) is 10.5. The molecule has 3 N–H and O–H groups in total. The Morgan fingerprint density at radius 3 is 2.76 bits per heavy atom. The van der Waals surface area contributed by atoms with Crippen molar-refractivity contribution in [2.75, 3.05) is 26.7 Å². The third-order valence-corrected chi connectivity index (χ3v) is 8.00. The average Bonchev–Trinajstić information content (AvgIpc) is 3.45. The quantitative estimate of drug-likeness (QED) is 0.261. The first-order valence-corrected chi connectivity index (χ1v) is 14.1. The van der Waals surface area contributed by atoms with Crippen LogP contribution in [-0.2, 0) is 18.4 Å². The fraction of sp³-hybridized carbons (Fsp3) is 0.355. The molecular formula is C31H36N8O2. The lowest BCUT2D eigenvalue weighted by Crippen LogP contribution is -2.50. The van der Waals surface area contributed by atoms with E-state index < -0.39 is 0 Å². The van der Waals surface area contributed by atoms with Crippen molar-refractivity contribution < 1.29 is 9.59 Å². The summed E-state index contributed by atoms with van der Waals surface area (Å²) in [5.41, 5.74) is 4.26. The molecule has 2 aliphatic rings. The van der Waals surface area contributed by atoms with Crippen LogP contribution in [0.3, 0.4) is 0 Å². The predicted octanol–water partition coefficient (Wildman–Crippen LogP) is 2.82. The van der Waals surface area contributed by atoms with Gasteiger partial charge < -0.3 is 30.0 Å². The smallest absolute Gasteiger partial charge is 0.251 e. The van der Waals surface area contributed by atoms with Gasteiger partial charge in [-0.3, -0.25) is 9.59 Å². The molecule has 1 aliphatic carbocycles. The second kappa shape index (κ2) is 11.2. The van der Waals surface area contributed by atoms with Gasteiger partial charge in [-0.15, -0.1) is 0 Å². The van der Waals surface area contributed by atoms with Crippen LogP contribution in [0, 0.1) is 5.92 Å².